The predicted octanol–water partition coefficient (Wildman–Crippen LogP) is 6.53. The second kappa shape index (κ2) is 8.90. The Kier molecular flexibility index (Phi) is 5.86. The third-order valence-corrected chi connectivity index (χ3v) is 7.03. The molecular weight excluding hydrogens is 452 g/mol. The zero-order chi connectivity index (χ0) is 25.5. The van der Waals surface area contributed by atoms with Crippen LogP contribution < -0.4 is 4.74 Å². The van der Waals surface area contributed by atoms with Gasteiger partial charge in [0.25, 0.3) is 0 Å². The Morgan fingerprint density at radius 2 is 1.69 bits per heavy atom. The van der Waals surface area contributed by atoms with E-state index in [4.69, 9.17) is 9.72 Å². The summed E-state index contributed by atoms with van der Waals surface area (Å²) in [5.41, 5.74) is 4.26. The summed E-state index contributed by atoms with van der Waals surface area (Å²) in [5, 5.41) is 10.8. The van der Waals surface area contributed by atoms with Crippen LogP contribution in [0.25, 0.3) is 33.4 Å². The summed E-state index contributed by atoms with van der Waals surface area (Å²) in [6, 6.07) is 20.3. The number of hydrogen-bond acceptors (Lipinski definition) is 5. The predicted molar refractivity (Wildman–Crippen MR) is 140 cm³/mol. The van der Waals surface area contributed by atoms with Crippen LogP contribution in [-0.2, 0) is 5.54 Å². The summed E-state index contributed by atoms with van der Waals surface area (Å²) < 4.78 is 5.46. The van der Waals surface area contributed by atoms with Gasteiger partial charge in [0.1, 0.15) is 6.33 Å². The average Bonchev–Trinajstić information content (AvgIpc) is 2.84. The molecule has 2 heterocycles. The fraction of sp³-hybridized carbons (Fsp3) is 0.310. The molecule has 2 aromatic carbocycles. The van der Waals surface area contributed by atoms with Crippen LogP contribution in [0, 0.1) is 0 Å². The molecule has 0 spiro atoms. The van der Waals surface area contributed by atoms with Gasteiger partial charge < -0.3 is 9.84 Å². The number of fused-ring (bicyclic) bond motifs is 1. The van der Waals surface area contributed by atoms with Crippen LogP contribution in [0.4, 0.5) is 4.79 Å². The molecular formula is C29H30N4O3. The van der Waals surface area contributed by atoms with Crippen molar-refractivity contribution in [2.45, 2.75) is 51.1 Å². The van der Waals surface area contributed by atoms with Crippen molar-refractivity contribution in [1.82, 2.24) is 19.9 Å². The molecule has 1 aliphatic rings. The molecule has 1 saturated carbocycles. The molecule has 0 aliphatic heterocycles. The van der Waals surface area contributed by atoms with Gasteiger partial charge in [0.05, 0.1) is 23.7 Å². The van der Waals surface area contributed by atoms with Gasteiger partial charge in [-0.2, -0.15) is 0 Å². The maximum Gasteiger partial charge on any atom is 0.408 e. The van der Waals surface area contributed by atoms with E-state index in [0.717, 1.165) is 52.6 Å². The third kappa shape index (κ3) is 3.94. The van der Waals surface area contributed by atoms with E-state index in [1.54, 1.807) is 12.0 Å². The van der Waals surface area contributed by atoms with Gasteiger partial charge in [0.15, 0.2) is 5.65 Å². The molecule has 0 saturated heterocycles. The zero-order valence-electron chi connectivity index (χ0n) is 21.0. The summed E-state index contributed by atoms with van der Waals surface area (Å²) >= 11 is 0. The second-order valence-corrected chi connectivity index (χ2v) is 10.3. The van der Waals surface area contributed by atoms with E-state index >= 15 is 0 Å². The Bertz CT molecular complexity index is 1410. The summed E-state index contributed by atoms with van der Waals surface area (Å²) in [5.74, 6) is 0.481. The zero-order valence-corrected chi connectivity index (χ0v) is 21.0. The second-order valence-electron chi connectivity index (χ2n) is 10.3. The van der Waals surface area contributed by atoms with Crippen LogP contribution in [0.5, 0.6) is 5.88 Å². The molecule has 1 fully saturated rings. The first kappa shape index (κ1) is 23.7. The van der Waals surface area contributed by atoms with E-state index in [-0.39, 0.29) is 0 Å². The standard InChI is InChI=1S/C29H30N4O3/c1-28(2,3)33(27(34)35)29(15-8-16-29)21-13-11-20(12-14-21)24-22(19-9-6-5-7-10-19)17-23-25(32-24)30-18-31-26(23)36-4/h5-7,9-14,17-18H,8,15-16H2,1-4H3,(H,34,35). The molecule has 0 atom stereocenters. The van der Waals surface area contributed by atoms with E-state index in [1.165, 1.54) is 6.33 Å². The number of benzene rings is 2. The van der Waals surface area contributed by atoms with Crippen molar-refractivity contribution in [3.63, 3.8) is 0 Å². The van der Waals surface area contributed by atoms with Gasteiger partial charge in [-0.1, -0.05) is 54.6 Å². The van der Waals surface area contributed by atoms with E-state index < -0.39 is 17.2 Å². The monoisotopic (exact) mass is 482 g/mol. The van der Waals surface area contributed by atoms with Crippen molar-refractivity contribution >= 4 is 17.1 Å². The fourth-order valence-corrected chi connectivity index (χ4v) is 5.39. The number of nitrogens with zero attached hydrogens (tertiary/aromatic N) is 4. The smallest absolute Gasteiger partial charge is 0.408 e. The van der Waals surface area contributed by atoms with Gasteiger partial charge >= 0.3 is 6.09 Å². The molecule has 1 N–H and O–H groups in total. The molecule has 184 valence electrons. The summed E-state index contributed by atoms with van der Waals surface area (Å²) in [4.78, 5) is 27.5. The highest BCUT2D eigenvalue weighted by atomic mass is 16.5. The van der Waals surface area contributed by atoms with Gasteiger partial charge in [0, 0.05) is 16.7 Å². The minimum atomic E-state index is -0.887. The minimum Gasteiger partial charge on any atom is -0.480 e. The number of amides is 1. The van der Waals surface area contributed by atoms with Gasteiger partial charge in [-0.3, -0.25) is 4.90 Å². The van der Waals surface area contributed by atoms with Crippen LogP contribution in [0.2, 0.25) is 0 Å². The van der Waals surface area contributed by atoms with Crippen LogP contribution in [0.1, 0.15) is 45.6 Å². The summed E-state index contributed by atoms with van der Waals surface area (Å²) in [6.07, 6.45) is 3.21. The fourth-order valence-electron chi connectivity index (χ4n) is 5.39. The van der Waals surface area contributed by atoms with Crippen LogP contribution in [0.15, 0.2) is 67.0 Å². The first-order valence-electron chi connectivity index (χ1n) is 12.1. The van der Waals surface area contributed by atoms with Crippen molar-refractivity contribution in [1.29, 1.82) is 0 Å². The average molecular weight is 483 g/mol. The number of aromatic nitrogens is 3. The normalized spacial score (nSPS) is 14.8. The number of carboxylic acid groups (broad SMARTS) is 1. The molecule has 0 radical (unpaired) electrons. The van der Waals surface area contributed by atoms with Crippen molar-refractivity contribution < 1.29 is 14.6 Å². The quantitative estimate of drug-likeness (QED) is 0.348. The highest BCUT2D eigenvalue weighted by molar-refractivity contribution is 5.92. The lowest BCUT2D eigenvalue weighted by Crippen LogP contribution is -2.60. The van der Waals surface area contributed by atoms with Crippen LogP contribution in [0.3, 0.4) is 0 Å². The number of rotatable bonds is 5. The van der Waals surface area contributed by atoms with Crippen molar-refractivity contribution in [3.05, 3.63) is 72.6 Å². The number of ether oxygens (including phenoxy) is 1. The molecule has 7 nitrogen and oxygen atoms in total. The van der Waals surface area contributed by atoms with Gasteiger partial charge in [0.2, 0.25) is 5.88 Å². The molecule has 7 heteroatoms. The minimum absolute atomic E-state index is 0.481. The SMILES string of the molecule is COc1ncnc2nc(-c3ccc(C4(N(C(=O)O)C(C)(C)C)CCC4)cc3)c(-c3ccccc3)cc12. The lowest BCUT2D eigenvalue weighted by molar-refractivity contribution is -0.0328. The summed E-state index contributed by atoms with van der Waals surface area (Å²) in [6.45, 7) is 5.87. The highest BCUT2D eigenvalue weighted by Gasteiger charge is 2.50. The molecule has 0 unspecified atom stereocenters. The molecule has 2 aromatic heterocycles. The first-order chi connectivity index (χ1) is 17.2. The number of methoxy groups -OCH3 is 1. The van der Waals surface area contributed by atoms with Gasteiger partial charge in [-0.05, 0) is 57.2 Å². The van der Waals surface area contributed by atoms with Gasteiger partial charge in [-0.15, -0.1) is 0 Å². The number of pyridine rings is 1. The topological polar surface area (TPSA) is 88.4 Å². The van der Waals surface area contributed by atoms with Crippen LogP contribution >= 0.6 is 0 Å². The number of carbonyl (C=O) groups is 1. The molecule has 0 bridgehead atoms. The van der Waals surface area contributed by atoms with E-state index in [9.17, 15) is 9.90 Å². The van der Waals surface area contributed by atoms with Crippen molar-refractivity contribution in [2.24, 2.45) is 0 Å². The largest absolute Gasteiger partial charge is 0.480 e. The van der Waals surface area contributed by atoms with Gasteiger partial charge in [-0.25, -0.2) is 19.7 Å². The number of hydrogen-bond donors (Lipinski definition) is 1. The molecule has 1 aliphatic carbocycles. The van der Waals surface area contributed by atoms with Crippen molar-refractivity contribution in [2.75, 3.05) is 7.11 Å². The molecule has 36 heavy (non-hydrogen) atoms. The Labute approximate surface area is 210 Å². The highest BCUT2D eigenvalue weighted by Crippen LogP contribution is 2.49. The van der Waals surface area contributed by atoms with E-state index in [0.29, 0.717) is 11.5 Å². The van der Waals surface area contributed by atoms with E-state index in [2.05, 4.69) is 34.2 Å². The lowest BCUT2D eigenvalue weighted by atomic mass is 9.69. The summed E-state index contributed by atoms with van der Waals surface area (Å²) in [7, 11) is 1.59. The van der Waals surface area contributed by atoms with Crippen LogP contribution in [-0.4, -0.2) is 43.7 Å². The van der Waals surface area contributed by atoms with Crippen molar-refractivity contribution in [3.8, 4) is 28.3 Å². The first-order valence-corrected chi connectivity index (χ1v) is 12.1. The third-order valence-electron chi connectivity index (χ3n) is 7.03. The maximum absolute atomic E-state index is 12.3. The Hall–Kier alpha value is -4.00. The molecule has 1 amide bonds. The molecule has 4 aromatic rings. The van der Waals surface area contributed by atoms with E-state index in [1.807, 2.05) is 57.2 Å². The maximum atomic E-state index is 12.3. The lowest BCUT2D eigenvalue weighted by Gasteiger charge is -2.54. The molecule has 5 rings (SSSR count). The Balaban J connectivity index is 1.64. The Morgan fingerprint density at radius 1 is 1.00 bits per heavy atom. The Morgan fingerprint density at radius 3 is 2.25 bits per heavy atom.